The maximum Gasteiger partial charge on any atom is 0.224 e. The van der Waals surface area contributed by atoms with E-state index in [1.165, 1.54) is 24.3 Å². The number of hydrogen-bond donors (Lipinski definition) is 2. The highest BCUT2D eigenvalue weighted by Crippen LogP contribution is 2.24. The van der Waals surface area contributed by atoms with Crippen LogP contribution in [-0.2, 0) is 28.9 Å². The molecule has 2 amide bonds. The van der Waals surface area contributed by atoms with Gasteiger partial charge in [0, 0.05) is 50.4 Å². The van der Waals surface area contributed by atoms with E-state index in [-0.39, 0.29) is 21.6 Å². The lowest BCUT2D eigenvalue weighted by Crippen LogP contribution is -2.37. The Bertz CT molecular complexity index is 1090. The number of morpholine rings is 2. The van der Waals surface area contributed by atoms with Gasteiger partial charge in [-0.25, -0.2) is 8.42 Å². The van der Waals surface area contributed by atoms with Crippen LogP contribution in [-0.4, -0.2) is 95.7 Å². The first-order valence-corrected chi connectivity index (χ1v) is 15.0. The van der Waals surface area contributed by atoms with Gasteiger partial charge < -0.3 is 20.1 Å². The Labute approximate surface area is 230 Å². The number of anilines is 2. The summed E-state index contributed by atoms with van der Waals surface area (Å²) in [6, 6.07) is 12.3. The molecule has 4 rings (SSSR count). The minimum Gasteiger partial charge on any atom is -0.379 e. The molecule has 2 aliphatic heterocycles. The van der Waals surface area contributed by atoms with Crippen molar-refractivity contribution in [3.05, 3.63) is 48.5 Å². The second-order valence-corrected chi connectivity index (χ2v) is 11.7. The van der Waals surface area contributed by atoms with Crippen molar-refractivity contribution in [3.8, 4) is 0 Å². The highest BCUT2D eigenvalue weighted by atomic mass is 32.2. The van der Waals surface area contributed by atoms with Crippen LogP contribution >= 0.6 is 0 Å². The molecule has 10 nitrogen and oxygen atoms in total. The van der Waals surface area contributed by atoms with E-state index < -0.39 is 9.84 Å². The SMILES string of the molecule is O=C(CCCN1CCOCC1)Nc1ccc(S(=O)(=O)c2ccc(NC(=O)CCCN3CCOCC3)cc2)cc1. The average Bonchev–Trinajstić information content (AvgIpc) is 2.95. The van der Waals surface area contributed by atoms with Crippen molar-refractivity contribution in [1.82, 2.24) is 9.80 Å². The normalized spacial score (nSPS) is 17.0. The van der Waals surface area contributed by atoms with Crippen LogP contribution in [0.4, 0.5) is 11.4 Å². The molecule has 2 heterocycles. The predicted molar refractivity (Wildman–Crippen MR) is 149 cm³/mol. The lowest BCUT2D eigenvalue weighted by Gasteiger charge is -2.26. The van der Waals surface area contributed by atoms with Gasteiger partial charge in [-0.05, 0) is 74.5 Å². The van der Waals surface area contributed by atoms with Gasteiger partial charge in [0.05, 0.1) is 36.2 Å². The number of hydrogen-bond acceptors (Lipinski definition) is 8. The number of amides is 2. The molecule has 212 valence electrons. The van der Waals surface area contributed by atoms with Gasteiger partial charge in [0.2, 0.25) is 21.7 Å². The number of nitrogens with one attached hydrogen (secondary N) is 2. The number of benzene rings is 2. The molecule has 0 radical (unpaired) electrons. The number of carbonyl (C=O) groups is 2. The minimum atomic E-state index is -3.74. The Morgan fingerprint density at radius 3 is 1.36 bits per heavy atom. The molecule has 2 fully saturated rings. The average molecular weight is 559 g/mol. The topological polar surface area (TPSA) is 117 Å². The summed E-state index contributed by atoms with van der Waals surface area (Å²) in [7, 11) is -3.74. The molecule has 0 saturated carbocycles. The first-order valence-electron chi connectivity index (χ1n) is 13.6. The fraction of sp³-hybridized carbons (Fsp3) is 0.500. The Morgan fingerprint density at radius 2 is 1.00 bits per heavy atom. The van der Waals surface area contributed by atoms with Crippen molar-refractivity contribution in [3.63, 3.8) is 0 Å². The second-order valence-electron chi connectivity index (χ2n) is 9.76. The van der Waals surface area contributed by atoms with E-state index >= 15 is 0 Å². The van der Waals surface area contributed by atoms with Gasteiger partial charge in [0.1, 0.15) is 0 Å². The number of rotatable bonds is 12. The van der Waals surface area contributed by atoms with Crippen LogP contribution in [0.25, 0.3) is 0 Å². The van der Waals surface area contributed by atoms with Crippen LogP contribution in [0.2, 0.25) is 0 Å². The van der Waals surface area contributed by atoms with E-state index in [9.17, 15) is 18.0 Å². The molecule has 2 N–H and O–H groups in total. The Kier molecular flexibility index (Phi) is 10.9. The first-order chi connectivity index (χ1) is 18.9. The van der Waals surface area contributed by atoms with Gasteiger partial charge in [-0.2, -0.15) is 0 Å². The molecular weight excluding hydrogens is 520 g/mol. The summed E-state index contributed by atoms with van der Waals surface area (Å²) in [5.41, 5.74) is 1.11. The van der Waals surface area contributed by atoms with Gasteiger partial charge in [-0.3, -0.25) is 19.4 Å². The first kappa shape index (κ1) is 29.2. The summed E-state index contributed by atoms with van der Waals surface area (Å²) < 4.78 is 36.8. The Balaban J connectivity index is 1.22. The van der Waals surface area contributed by atoms with E-state index in [1.807, 2.05) is 0 Å². The molecule has 11 heteroatoms. The van der Waals surface area contributed by atoms with Gasteiger partial charge >= 0.3 is 0 Å². The zero-order chi connectivity index (χ0) is 27.5. The molecule has 2 aromatic carbocycles. The van der Waals surface area contributed by atoms with Gasteiger partial charge in [-0.1, -0.05) is 0 Å². The van der Waals surface area contributed by atoms with E-state index in [0.29, 0.717) is 24.2 Å². The molecule has 0 aromatic heterocycles. The molecule has 39 heavy (non-hydrogen) atoms. The smallest absolute Gasteiger partial charge is 0.224 e. The largest absolute Gasteiger partial charge is 0.379 e. The van der Waals surface area contributed by atoms with Crippen molar-refractivity contribution < 1.29 is 27.5 Å². The number of ether oxygens (including phenoxy) is 2. The Hall–Kier alpha value is -2.83. The summed E-state index contributed by atoms with van der Waals surface area (Å²) in [5.74, 6) is -0.199. The standard InChI is InChI=1S/C28H38N4O6S/c33-27(3-1-13-31-15-19-37-20-16-31)29-23-5-9-25(10-6-23)39(35,36)26-11-7-24(8-12-26)30-28(34)4-2-14-32-17-21-38-22-18-32/h5-12H,1-4,13-22H2,(H,29,33)(H,30,34). The third-order valence-corrected chi connectivity index (χ3v) is 8.65. The summed E-state index contributed by atoms with van der Waals surface area (Å²) in [6.45, 7) is 8.22. The van der Waals surface area contributed by atoms with E-state index in [4.69, 9.17) is 9.47 Å². The maximum absolute atomic E-state index is 13.1. The molecule has 0 unspecified atom stereocenters. The van der Waals surface area contributed by atoms with Crippen molar-refractivity contribution in [1.29, 1.82) is 0 Å². The quantitative estimate of drug-likeness (QED) is 0.408. The van der Waals surface area contributed by atoms with Crippen LogP contribution in [0.15, 0.2) is 58.3 Å². The third-order valence-electron chi connectivity index (χ3n) is 6.86. The van der Waals surface area contributed by atoms with Crippen molar-refractivity contribution in [2.45, 2.75) is 35.5 Å². The summed E-state index contributed by atoms with van der Waals surface area (Å²) in [6.07, 6.45) is 2.30. The van der Waals surface area contributed by atoms with E-state index in [2.05, 4.69) is 20.4 Å². The fourth-order valence-corrected chi connectivity index (χ4v) is 5.85. The van der Waals surface area contributed by atoms with Crippen molar-refractivity contribution in [2.75, 3.05) is 76.3 Å². The molecule has 0 bridgehead atoms. The van der Waals surface area contributed by atoms with Crippen LogP contribution in [0.1, 0.15) is 25.7 Å². The minimum absolute atomic E-state index is 0.0994. The summed E-state index contributed by atoms with van der Waals surface area (Å²) in [5, 5.41) is 5.66. The highest BCUT2D eigenvalue weighted by molar-refractivity contribution is 7.91. The lowest BCUT2D eigenvalue weighted by molar-refractivity contribution is -0.117. The summed E-state index contributed by atoms with van der Waals surface area (Å²) in [4.78, 5) is 29.4. The van der Waals surface area contributed by atoms with Gasteiger partial charge in [-0.15, -0.1) is 0 Å². The molecule has 0 spiro atoms. The summed E-state index contributed by atoms with van der Waals surface area (Å²) >= 11 is 0. The molecule has 2 aliphatic rings. The maximum atomic E-state index is 13.1. The third kappa shape index (κ3) is 9.11. The monoisotopic (exact) mass is 558 g/mol. The van der Waals surface area contributed by atoms with E-state index in [0.717, 1.165) is 78.5 Å². The van der Waals surface area contributed by atoms with Crippen LogP contribution in [0.5, 0.6) is 0 Å². The Morgan fingerprint density at radius 1 is 0.641 bits per heavy atom. The molecule has 2 saturated heterocycles. The molecular formula is C28H38N4O6S. The van der Waals surface area contributed by atoms with Gasteiger partial charge in [0.15, 0.2) is 0 Å². The van der Waals surface area contributed by atoms with E-state index in [1.54, 1.807) is 24.3 Å². The zero-order valence-electron chi connectivity index (χ0n) is 22.3. The van der Waals surface area contributed by atoms with Crippen LogP contribution in [0.3, 0.4) is 0 Å². The molecule has 0 aliphatic carbocycles. The number of sulfone groups is 1. The highest BCUT2D eigenvalue weighted by Gasteiger charge is 2.18. The van der Waals surface area contributed by atoms with Crippen LogP contribution < -0.4 is 10.6 Å². The molecule has 2 aromatic rings. The van der Waals surface area contributed by atoms with Crippen molar-refractivity contribution >= 4 is 33.0 Å². The van der Waals surface area contributed by atoms with Crippen LogP contribution in [0, 0.1) is 0 Å². The van der Waals surface area contributed by atoms with Crippen molar-refractivity contribution in [2.24, 2.45) is 0 Å². The number of carbonyl (C=O) groups excluding carboxylic acids is 2. The number of nitrogens with zero attached hydrogens (tertiary/aromatic N) is 2. The molecule has 0 atom stereocenters. The predicted octanol–water partition coefficient (Wildman–Crippen LogP) is 2.62. The van der Waals surface area contributed by atoms with Gasteiger partial charge in [0.25, 0.3) is 0 Å². The fourth-order valence-electron chi connectivity index (χ4n) is 4.59. The lowest BCUT2D eigenvalue weighted by atomic mass is 10.2. The second kappa shape index (κ2) is 14.5. The zero-order valence-corrected chi connectivity index (χ0v) is 23.1.